The van der Waals surface area contributed by atoms with Gasteiger partial charge in [-0.05, 0) is 59.9 Å². The van der Waals surface area contributed by atoms with Crippen LogP contribution in [0.15, 0.2) is 103 Å². The second kappa shape index (κ2) is 9.47. The number of likely N-dealkylation sites (tertiary alicyclic amines) is 1. The van der Waals surface area contributed by atoms with Gasteiger partial charge < -0.3 is 15.1 Å². The smallest absolute Gasteiger partial charge is 0.320 e. The molecule has 1 aromatic heterocycles. The van der Waals surface area contributed by atoms with Gasteiger partial charge in [-0.3, -0.25) is 14.7 Å². The van der Waals surface area contributed by atoms with Gasteiger partial charge in [-0.15, -0.1) is 0 Å². The molecule has 0 radical (unpaired) electrons. The van der Waals surface area contributed by atoms with Crippen LogP contribution in [-0.4, -0.2) is 44.9 Å². The Labute approximate surface area is 216 Å². The average molecular weight is 492 g/mol. The molecule has 1 spiro atoms. The van der Waals surface area contributed by atoms with Crippen LogP contribution >= 0.6 is 0 Å². The summed E-state index contributed by atoms with van der Waals surface area (Å²) >= 11 is 0. The first kappa shape index (κ1) is 23.4. The van der Waals surface area contributed by atoms with E-state index in [2.05, 4.69) is 29.2 Å². The summed E-state index contributed by atoms with van der Waals surface area (Å²) in [6.07, 6.45) is 1.84. The summed E-state index contributed by atoms with van der Waals surface area (Å²) in [6.45, 7) is 1.02. The Bertz CT molecular complexity index is 1390. The molecular formula is C31H29N3O3. The minimum Gasteiger partial charge on any atom is -0.480 e. The zero-order valence-corrected chi connectivity index (χ0v) is 20.4. The molecule has 0 aliphatic carbocycles. The minimum absolute atomic E-state index is 0.325. The number of carboxylic acids is 1. The Morgan fingerprint density at radius 3 is 2.32 bits per heavy atom. The van der Waals surface area contributed by atoms with Crippen LogP contribution in [0.25, 0.3) is 11.1 Å². The topological polar surface area (TPSA) is 76.9 Å². The van der Waals surface area contributed by atoms with Gasteiger partial charge in [-0.2, -0.15) is 0 Å². The number of rotatable bonds is 5. The molecular weight excluding hydrogens is 462 g/mol. The monoisotopic (exact) mass is 491 g/mol. The first-order valence-electron chi connectivity index (χ1n) is 12.7. The number of aliphatic hydroxyl groups is 1. The molecule has 3 unspecified atom stereocenters. The molecule has 2 aliphatic heterocycles. The zero-order chi connectivity index (χ0) is 25.4. The minimum atomic E-state index is -0.870. The van der Waals surface area contributed by atoms with Gasteiger partial charge in [0.1, 0.15) is 12.3 Å². The van der Waals surface area contributed by atoms with Crippen LogP contribution in [-0.2, 0) is 16.8 Å². The summed E-state index contributed by atoms with van der Waals surface area (Å²) in [4.78, 5) is 20.8. The van der Waals surface area contributed by atoms with Crippen molar-refractivity contribution in [2.45, 2.75) is 37.1 Å². The predicted octanol–water partition coefficient (Wildman–Crippen LogP) is 5.21. The van der Waals surface area contributed by atoms with Gasteiger partial charge in [-0.1, -0.05) is 66.7 Å². The first-order valence-corrected chi connectivity index (χ1v) is 12.7. The van der Waals surface area contributed by atoms with E-state index in [-0.39, 0.29) is 0 Å². The molecule has 6 heteroatoms. The Hall–Kier alpha value is -4.00. The lowest BCUT2D eigenvalue weighted by molar-refractivity contribution is -0.147. The van der Waals surface area contributed by atoms with Crippen LogP contribution in [0, 0.1) is 0 Å². The molecule has 0 amide bonds. The number of pyridine rings is 1. The highest BCUT2D eigenvalue weighted by molar-refractivity contribution is 5.78. The summed E-state index contributed by atoms with van der Waals surface area (Å²) in [6, 6.07) is 31.4. The summed E-state index contributed by atoms with van der Waals surface area (Å²) in [7, 11) is 0. The Morgan fingerprint density at radius 1 is 0.892 bits per heavy atom. The van der Waals surface area contributed by atoms with Gasteiger partial charge in [-0.25, -0.2) is 0 Å². The number of benzene rings is 3. The maximum absolute atomic E-state index is 12.5. The number of fused-ring (bicyclic) bond motifs is 2. The molecule has 3 heterocycles. The van der Waals surface area contributed by atoms with E-state index in [9.17, 15) is 15.0 Å². The van der Waals surface area contributed by atoms with Crippen molar-refractivity contribution >= 4 is 17.3 Å². The summed E-state index contributed by atoms with van der Waals surface area (Å²) in [5.41, 5.74) is 5.24. The largest absolute Gasteiger partial charge is 0.480 e. The number of para-hydroxylation sites is 1. The van der Waals surface area contributed by atoms with Gasteiger partial charge >= 0.3 is 5.97 Å². The van der Waals surface area contributed by atoms with E-state index in [1.807, 2.05) is 82.6 Å². The van der Waals surface area contributed by atoms with Crippen LogP contribution in [0.4, 0.5) is 11.4 Å². The third kappa shape index (κ3) is 4.08. The molecule has 3 atom stereocenters. The van der Waals surface area contributed by atoms with E-state index in [1.165, 1.54) is 0 Å². The molecule has 3 aromatic carbocycles. The van der Waals surface area contributed by atoms with Gasteiger partial charge in [0, 0.05) is 36.1 Å². The molecule has 1 fully saturated rings. The molecule has 186 valence electrons. The van der Waals surface area contributed by atoms with E-state index in [1.54, 1.807) is 6.20 Å². The van der Waals surface area contributed by atoms with Crippen LogP contribution in [0.1, 0.15) is 24.1 Å². The summed E-state index contributed by atoms with van der Waals surface area (Å²) in [5, 5.41) is 22.1. The number of aliphatic hydroxyl groups excluding tert-OH is 1. The fraction of sp³-hybridized carbons (Fsp3) is 0.226. The molecule has 1 saturated heterocycles. The van der Waals surface area contributed by atoms with E-state index in [0.717, 1.165) is 33.8 Å². The average Bonchev–Trinajstić information content (AvgIpc) is 3.18. The quantitative estimate of drug-likeness (QED) is 0.399. The lowest BCUT2D eigenvalue weighted by atomic mass is 9.70. The van der Waals surface area contributed by atoms with E-state index < -0.39 is 23.7 Å². The van der Waals surface area contributed by atoms with Crippen LogP contribution in [0.3, 0.4) is 0 Å². The van der Waals surface area contributed by atoms with Crippen molar-refractivity contribution in [2.24, 2.45) is 0 Å². The molecule has 37 heavy (non-hydrogen) atoms. The van der Waals surface area contributed by atoms with Gasteiger partial charge in [0.2, 0.25) is 0 Å². The standard InChI is InChI=1S/C31H29N3O3/c35-29(36)28-20-31(17-19-33(28)21-24-10-6-7-18-32-24)26-11-4-5-12-27(26)34(30(31)37)25-15-13-23(14-16-25)22-8-2-1-3-9-22/h1-16,18,28,30,37H,17,19-21H2,(H,35,36). The van der Waals surface area contributed by atoms with Gasteiger partial charge in [0.05, 0.1) is 5.69 Å². The second-order valence-electron chi connectivity index (χ2n) is 9.93. The van der Waals surface area contributed by atoms with Gasteiger partial charge in [0.25, 0.3) is 0 Å². The molecule has 0 saturated carbocycles. The predicted molar refractivity (Wildman–Crippen MR) is 143 cm³/mol. The van der Waals surface area contributed by atoms with E-state index in [0.29, 0.717) is 25.9 Å². The van der Waals surface area contributed by atoms with Gasteiger partial charge in [0.15, 0.2) is 0 Å². The maximum Gasteiger partial charge on any atom is 0.320 e. The Balaban J connectivity index is 1.33. The second-order valence-corrected chi connectivity index (χ2v) is 9.93. The number of aliphatic carboxylic acids is 1. The number of carboxylic acid groups (broad SMARTS) is 1. The number of carbonyl (C=O) groups is 1. The van der Waals surface area contributed by atoms with Crippen LogP contribution < -0.4 is 4.90 Å². The van der Waals surface area contributed by atoms with Crippen molar-refractivity contribution < 1.29 is 15.0 Å². The number of hydrogen-bond donors (Lipinski definition) is 2. The molecule has 0 bridgehead atoms. The number of aromatic nitrogens is 1. The SMILES string of the molecule is O=C(O)C1CC2(CCN1Cc1ccccn1)c1ccccc1N(c1ccc(-c3ccccc3)cc1)C2O. The number of hydrogen-bond acceptors (Lipinski definition) is 5. The third-order valence-electron chi connectivity index (χ3n) is 7.91. The molecule has 6 rings (SSSR count). The molecule has 6 nitrogen and oxygen atoms in total. The van der Waals surface area contributed by atoms with E-state index >= 15 is 0 Å². The van der Waals surface area contributed by atoms with E-state index in [4.69, 9.17) is 0 Å². The van der Waals surface area contributed by atoms with Crippen molar-refractivity contribution in [1.29, 1.82) is 0 Å². The molecule has 2 N–H and O–H groups in total. The highest BCUT2D eigenvalue weighted by Gasteiger charge is 2.55. The fourth-order valence-electron chi connectivity index (χ4n) is 6.03. The lowest BCUT2D eigenvalue weighted by Gasteiger charge is -2.45. The number of piperidine rings is 1. The maximum atomic E-state index is 12.5. The van der Waals surface area contributed by atoms with Crippen LogP contribution in [0.2, 0.25) is 0 Å². The zero-order valence-electron chi connectivity index (χ0n) is 20.4. The lowest BCUT2D eigenvalue weighted by Crippen LogP contribution is -2.56. The Kier molecular flexibility index (Phi) is 5.99. The highest BCUT2D eigenvalue weighted by atomic mass is 16.4. The first-order chi connectivity index (χ1) is 18.1. The van der Waals surface area contributed by atoms with Crippen LogP contribution in [0.5, 0.6) is 0 Å². The van der Waals surface area contributed by atoms with Crippen molar-refractivity contribution in [3.05, 3.63) is 115 Å². The fourth-order valence-corrected chi connectivity index (χ4v) is 6.03. The molecule has 2 aliphatic rings. The summed E-state index contributed by atoms with van der Waals surface area (Å²) in [5.74, 6) is -0.870. The van der Waals surface area contributed by atoms with Crippen molar-refractivity contribution in [3.63, 3.8) is 0 Å². The van der Waals surface area contributed by atoms with Crippen molar-refractivity contribution in [2.75, 3.05) is 11.4 Å². The van der Waals surface area contributed by atoms with Crippen molar-refractivity contribution in [1.82, 2.24) is 9.88 Å². The summed E-state index contributed by atoms with van der Waals surface area (Å²) < 4.78 is 0. The Morgan fingerprint density at radius 2 is 1.59 bits per heavy atom. The normalized spacial score (nSPS) is 23.2. The number of nitrogens with zero attached hydrogens (tertiary/aromatic N) is 3. The van der Waals surface area contributed by atoms with Crippen molar-refractivity contribution in [3.8, 4) is 11.1 Å². The molecule has 4 aromatic rings. The number of anilines is 2. The third-order valence-corrected chi connectivity index (χ3v) is 7.91. The highest BCUT2D eigenvalue weighted by Crippen LogP contribution is 2.54.